The molecule has 0 amide bonds. The van der Waals surface area contributed by atoms with Crippen molar-refractivity contribution in [3.63, 3.8) is 0 Å². The molecule has 3 aromatic heterocycles. The SMILES string of the molecule is c1ccc(-c2nc(-c3ccccc3)nc(-c3ccc(-n4c5ccccc5c5cc6oc7c8ccccc8ccc7c6cc54)cc3)n2)cc1. The Morgan fingerprint density at radius 1 is 0.396 bits per heavy atom. The average molecular weight is 615 g/mol. The van der Waals surface area contributed by atoms with Gasteiger partial charge in [0.2, 0.25) is 0 Å². The van der Waals surface area contributed by atoms with Gasteiger partial charge in [0.05, 0.1) is 11.0 Å². The molecule has 0 bridgehead atoms. The van der Waals surface area contributed by atoms with Crippen LogP contribution in [0.2, 0.25) is 0 Å². The molecule has 5 heteroatoms. The van der Waals surface area contributed by atoms with Crippen LogP contribution in [-0.2, 0) is 0 Å². The summed E-state index contributed by atoms with van der Waals surface area (Å²) < 4.78 is 8.90. The molecular formula is C43H26N4O. The lowest BCUT2D eigenvalue weighted by Gasteiger charge is -2.11. The van der Waals surface area contributed by atoms with Crippen LogP contribution in [0, 0.1) is 0 Å². The second kappa shape index (κ2) is 10.5. The lowest BCUT2D eigenvalue weighted by atomic mass is 10.0. The van der Waals surface area contributed by atoms with E-state index in [0.29, 0.717) is 17.5 Å². The summed E-state index contributed by atoms with van der Waals surface area (Å²) in [6.07, 6.45) is 0. The van der Waals surface area contributed by atoms with Gasteiger partial charge in [-0.15, -0.1) is 0 Å². The first-order chi connectivity index (χ1) is 23.8. The van der Waals surface area contributed by atoms with Crippen LogP contribution in [0.4, 0.5) is 0 Å². The predicted octanol–water partition coefficient (Wildman–Crippen LogP) is 11.0. The standard InChI is InChI=1S/C43H26N4O/c1-3-12-28(13-4-1)41-44-42(29-14-5-2-6-15-29)46-43(45-41)30-19-22-31(23-20-30)47-37-18-10-9-17-33(37)35-26-39-36(25-38(35)47)34-24-21-27-11-7-8-16-32(27)40(34)48-39/h1-26H. The Balaban J connectivity index is 1.15. The van der Waals surface area contributed by atoms with E-state index in [9.17, 15) is 0 Å². The van der Waals surface area contributed by atoms with E-state index in [0.717, 1.165) is 66.1 Å². The molecule has 224 valence electrons. The van der Waals surface area contributed by atoms with E-state index in [2.05, 4.69) is 102 Å². The highest BCUT2D eigenvalue weighted by Crippen LogP contribution is 2.40. The van der Waals surface area contributed by atoms with Crippen molar-refractivity contribution in [1.29, 1.82) is 0 Å². The van der Waals surface area contributed by atoms with Crippen molar-refractivity contribution in [3.05, 3.63) is 158 Å². The van der Waals surface area contributed by atoms with Crippen molar-refractivity contribution in [2.75, 3.05) is 0 Å². The first kappa shape index (κ1) is 26.6. The molecule has 0 radical (unpaired) electrons. The maximum Gasteiger partial charge on any atom is 0.164 e. The van der Waals surface area contributed by atoms with Gasteiger partial charge in [-0.3, -0.25) is 0 Å². The summed E-state index contributed by atoms with van der Waals surface area (Å²) in [7, 11) is 0. The molecule has 0 atom stereocenters. The molecule has 5 nitrogen and oxygen atoms in total. The molecule has 48 heavy (non-hydrogen) atoms. The third-order valence-electron chi connectivity index (χ3n) is 9.24. The Morgan fingerprint density at radius 3 is 1.67 bits per heavy atom. The minimum absolute atomic E-state index is 0.635. The largest absolute Gasteiger partial charge is 0.455 e. The van der Waals surface area contributed by atoms with E-state index in [1.54, 1.807) is 0 Å². The van der Waals surface area contributed by atoms with Gasteiger partial charge in [0.1, 0.15) is 11.2 Å². The number of hydrogen-bond acceptors (Lipinski definition) is 4. The Kier molecular flexibility index (Phi) is 5.81. The van der Waals surface area contributed by atoms with Crippen LogP contribution >= 0.6 is 0 Å². The van der Waals surface area contributed by atoms with E-state index < -0.39 is 0 Å². The lowest BCUT2D eigenvalue weighted by molar-refractivity contribution is 0.673. The topological polar surface area (TPSA) is 56.7 Å². The molecule has 0 aliphatic carbocycles. The fraction of sp³-hybridized carbons (Fsp3) is 0. The van der Waals surface area contributed by atoms with E-state index in [1.807, 2.05) is 60.7 Å². The van der Waals surface area contributed by atoms with E-state index >= 15 is 0 Å². The number of para-hydroxylation sites is 1. The van der Waals surface area contributed by atoms with Gasteiger partial charge in [-0.1, -0.05) is 109 Å². The maximum absolute atomic E-state index is 6.56. The zero-order chi connectivity index (χ0) is 31.6. The number of nitrogens with zero attached hydrogens (tertiary/aromatic N) is 4. The summed E-state index contributed by atoms with van der Waals surface area (Å²) in [4.78, 5) is 14.7. The second-order valence-corrected chi connectivity index (χ2v) is 12.1. The van der Waals surface area contributed by atoms with Crippen molar-refractivity contribution in [1.82, 2.24) is 19.5 Å². The zero-order valence-corrected chi connectivity index (χ0v) is 25.7. The van der Waals surface area contributed by atoms with Gasteiger partial charge in [0.25, 0.3) is 0 Å². The van der Waals surface area contributed by atoms with Gasteiger partial charge in [-0.05, 0) is 53.9 Å². The van der Waals surface area contributed by atoms with Gasteiger partial charge in [0, 0.05) is 49.3 Å². The van der Waals surface area contributed by atoms with Crippen LogP contribution in [0.15, 0.2) is 162 Å². The fourth-order valence-electron chi connectivity index (χ4n) is 6.94. The van der Waals surface area contributed by atoms with Crippen LogP contribution < -0.4 is 0 Å². The summed E-state index contributed by atoms with van der Waals surface area (Å²) in [6, 6.07) is 54.5. The molecule has 0 N–H and O–H groups in total. The summed E-state index contributed by atoms with van der Waals surface area (Å²) in [6.45, 7) is 0. The maximum atomic E-state index is 6.56. The molecule has 0 aliphatic heterocycles. The highest BCUT2D eigenvalue weighted by Gasteiger charge is 2.18. The monoisotopic (exact) mass is 614 g/mol. The fourth-order valence-corrected chi connectivity index (χ4v) is 6.94. The zero-order valence-electron chi connectivity index (χ0n) is 25.7. The van der Waals surface area contributed by atoms with E-state index in [-0.39, 0.29) is 0 Å². The minimum atomic E-state index is 0.635. The van der Waals surface area contributed by atoms with Crippen LogP contribution in [-0.4, -0.2) is 19.5 Å². The van der Waals surface area contributed by atoms with Crippen molar-refractivity contribution < 1.29 is 4.42 Å². The molecule has 0 aliphatic rings. The number of fused-ring (bicyclic) bond motifs is 8. The van der Waals surface area contributed by atoms with Crippen molar-refractivity contribution in [2.45, 2.75) is 0 Å². The summed E-state index contributed by atoms with van der Waals surface area (Å²) in [5, 5.41) is 6.87. The first-order valence-electron chi connectivity index (χ1n) is 16.0. The number of rotatable bonds is 4. The summed E-state index contributed by atoms with van der Waals surface area (Å²) in [5.41, 5.74) is 7.97. The summed E-state index contributed by atoms with van der Waals surface area (Å²) >= 11 is 0. The van der Waals surface area contributed by atoms with Crippen LogP contribution in [0.1, 0.15) is 0 Å². The third-order valence-corrected chi connectivity index (χ3v) is 9.24. The number of furan rings is 1. The molecular weight excluding hydrogens is 589 g/mol. The van der Waals surface area contributed by atoms with Gasteiger partial charge < -0.3 is 8.98 Å². The van der Waals surface area contributed by atoms with Crippen LogP contribution in [0.3, 0.4) is 0 Å². The molecule has 10 rings (SSSR count). The normalized spacial score (nSPS) is 11.8. The van der Waals surface area contributed by atoms with Gasteiger partial charge in [-0.25, -0.2) is 15.0 Å². The Bertz CT molecular complexity index is 2760. The smallest absolute Gasteiger partial charge is 0.164 e. The molecule has 10 aromatic rings. The predicted molar refractivity (Wildman–Crippen MR) is 195 cm³/mol. The average Bonchev–Trinajstić information content (AvgIpc) is 3.69. The molecule has 0 saturated heterocycles. The molecule has 0 unspecified atom stereocenters. The molecule has 0 spiro atoms. The number of aromatic nitrogens is 4. The molecule has 3 heterocycles. The summed E-state index contributed by atoms with van der Waals surface area (Å²) in [5.74, 6) is 1.93. The van der Waals surface area contributed by atoms with E-state index in [1.165, 1.54) is 10.8 Å². The Morgan fingerprint density at radius 2 is 0.979 bits per heavy atom. The van der Waals surface area contributed by atoms with E-state index in [4.69, 9.17) is 19.4 Å². The minimum Gasteiger partial charge on any atom is -0.455 e. The molecule has 7 aromatic carbocycles. The highest BCUT2D eigenvalue weighted by atomic mass is 16.3. The third kappa shape index (κ3) is 4.15. The van der Waals surface area contributed by atoms with Gasteiger partial charge >= 0.3 is 0 Å². The van der Waals surface area contributed by atoms with Crippen molar-refractivity contribution in [2.24, 2.45) is 0 Å². The van der Waals surface area contributed by atoms with Crippen LogP contribution in [0.25, 0.3) is 94.4 Å². The van der Waals surface area contributed by atoms with Crippen LogP contribution in [0.5, 0.6) is 0 Å². The lowest BCUT2D eigenvalue weighted by Crippen LogP contribution is -2.00. The van der Waals surface area contributed by atoms with Crippen molar-refractivity contribution in [3.8, 4) is 39.9 Å². The highest BCUT2D eigenvalue weighted by molar-refractivity contribution is 6.20. The quantitative estimate of drug-likeness (QED) is 0.198. The molecule has 0 fully saturated rings. The molecule has 0 saturated carbocycles. The Labute approximate surface area is 275 Å². The number of hydrogen-bond donors (Lipinski definition) is 0. The first-order valence-corrected chi connectivity index (χ1v) is 16.0. The second-order valence-electron chi connectivity index (χ2n) is 12.1. The van der Waals surface area contributed by atoms with Crippen molar-refractivity contribution >= 4 is 54.5 Å². The van der Waals surface area contributed by atoms with Gasteiger partial charge in [0.15, 0.2) is 17.5 Å². The van der Waals surface area contributed by atoms with Gasteiger partial charge in [-0.2, -0.15) is 0 Å². The Hall–Kier alpha value is -6.59. The number of benzene rings is 7.